The van der Waals surface area contributed by atoms with Crippen LogP contribution < -0.4 is 15.8 Å². The molecule has 1 aliphatic heterocycles. The number of hydrogen-bond donors (Lipinski definition) is 2. The van der Waals surface area contributed by atoms with Crippen molar-refractivity contribution in [1.82, 2.24) is 10.3 Å². The minimum absolute atomic E-state index is 0.109. The highest BCUT2D eigenvalue weighted by Crippen LogP contribution is 2.15. The molecule has 7 heteroatoms. The Balaban J connectivity index is 1.84. The maximum atomic E-state index is 11.9. The fraction of sp³-hybridized carbons (Fsp3) is 0.533. The smallest absolute Gasteiger partial charge is 0.220 e. The van der Waals surface area contributed by atoms with Gasteiger partial charge in [-0.05, 0) is 18.9 Å². The molecule has 2 atom stereocenters. The van der Waals surface area contributed by atoms with Gasteiger partial charge in [-0.25, -0.2) is 4.98 Å². The van der Waals surface area contributed by atoms with E-state index in [1.807, 2.05) is 12.1 Å². The van der Waals surface area contributed by atoms with E-state index in [4.69, 9.17) is 15.2 Å². The fourth-order valence-corrected chi connectivity index (χ4v) is 2.27. The predicted octanol–water partition coefficient (Wildman–Crippen LogP) is 0.390. The molecule has 1 fully saturated rings. The first-order valence-electron chi connectivity index (χ1n) is 7.38. The first-order chi connectivity index (χ1) is 10.6. The summed E-state index contributed by atoms with van der Waals surface area (Å²) in [4.78, 5) is 26.7. The molecule has 3 N–H and O–H groups in total. The molecule has 1 aliphatic rings. The van der Waals surface area contributed by atoms with Crippen LogP contribution in [-0.2, 0) is 14.3 Å². The van der Waals surface area contributed by atoms with Gasteiger partial charge in [0, 0.05) is 31.7 Å². The number of nitrogens with one attached hydrogen (secondary N) is 1. The molecule has 2 unspecified atom stereocenters. The molecule has 1 aromatic heterocycles. The number of nitrogens with two attached hydrogens (primary N) is 1. The lowest BCUT2D eigenvalue weighted by molar-refractivity contribution is -0.124. The highest BCUT2D eigenvalue weighted by atomic mass is 16.5. The number of amides is 2. The molecule has 2 heterocycles. The van der Waals surface area contributed by atoms with Crippen molar-refractivity contribution in [3.05, 3.63) is 24.4 Å². The van der Waals surface area contributed by atoms with Crippen molar-refractivity contribution in [3.8, 4) is 5.88 Å². The first-order valence-corrected chi connectivity index (χ1v) is 7.38. The van der Waals surface area contributed by atoms with Gasteiger partial charge in [-0.15, -0.1) is 0 Å². The topological polar surface area (TPSA) is 104 Å². The average Bonchev–Trinajstić information content (AvgIpc) is 2.50. The summed E-state index contributed by atoms with van der Waals surface area (Å²) in [5, 5.41) is 2.94. The van der Waals surface area contributed by atoms with Gasteiger partial charge in [0.15, 0.2) is 0 Å². The van der Waals surface area contributed by atoms with Crippen LogP contribution in [0, 0.1) is 0 Å². The molecule has 2 rings (SSSR count). The zero-order valence-corrected chi connectivity index (χ0v) is 12.4. The second kappa shape index (κ2) is 8.33. The van der Waals surface area contributed by atoms with Crippen LogP contribution in [0.1, 0.15) is 25.7 Å². The number of rotatable bonds is 7. The van der Waals surface area contributed by atoms with Gasteiger partial charge in [-0.2, -0.15) is 0 Å². The molecule has 0 radical (unpaired) electrons. The van der Waals surface area contributed by atoms with Crippen LogP contribution in [-0.4, -0.2) is 42.2 Å². The van der Waals surface area contributed by atoms with Crippen molar-refractivity contribution in [2.45, 2.75) is 37.8 Å². The molecule has 0 aromatic carbocycles. The van der Waals surface area contributed by atoms with E-state index in [1.54, 1.807) is 12.3 Å². The highest BCUT2D eigenvalue weighted by molar-refractivity contribution is 5.78. The van der Waals surface area contributed by atoms with E-state index in [0.29, 0.717) is 31.9 Å². The van der Waals surface area contributed by atoms with Crippen molar-refractivity contribution in [3.63, 3.8) is 0 Å². The number of pyridine rings is 1. The summed E-state index contributed by atoms with van der Waals surface area (Å²) < 4.78 is 11.2. The van der Waals surface area contributed by atoms with Gasteiger partial charge in [0.2, 0.25) is 17.7 Å². The number of aromatic nitrogens is 1. The first kappa shape index (κ1) is 16.2. The maximum absolute atomic E-state index is 11.9. The standard InChI is InChI=1S/C15H21N3O4/c16-13(19)4-3-5-14(20)18-11-7-9-21-10-12(11)22-15-6-1-2-8-17-15/h1-2,6,8,11-12H,3-5,7,9-10H2,(H2,16,19)(H,18,20). The van der Waals surface area contributed by atoms with Crippen LogP contribution in [0.2, 0.25) is 0 Å². The molecule has 2 amide bonds. The van der Waals surface area contributed by atoms with E-state index in [1.165, 1.54) is 0 Å². The summed E-state index contributed by atoms with van der Waals surface area (Å²) in [6, 6.07) is 5.28. The Morgan fingerprint density at radius 3 is 3.00 bits per heavy atom. The lowest BCUT2D eigenvalue weighted by Gasteiger charge is -2.32. The Bertz CT molecular complexity index is 495. The third kappa shape index (κ3) is 5.33. The lowest BCUT2D eigenvalue weighted by atomic mass is 10.1. The summed E-state index contributed by atoms with van der Waals surface area (Å²) in [7, 11) is 0. The monoisotopic (exact) mass is 307 g/mol. The molecule has 0 spiro atoms. The van der Waals surface area contributed by atoms with Gasteiger partial charge in [-0.3, -0.25) is 9.59 Å². The van der Waals surface area contributed by atoms with Gasteiger partial charge in [0.1, 0.15) is 6.10 Å². The minimum Gasteiger partial charge on any atom is -0.470 e. The van der Waals surface area contributed by atoms with Crippen molar-refractivity contribution in [1.29, 1.82) is 0 Å². The fourth-order valence-electron chi connectivity index (χ4n) is 2.27. The zero-order chi connectivity index (χ0) is 15.8. The highest BCUT2D eigenvalue weighted by Gasteiger charge is 2.29. The number of carbonyl (C=O) groups excluding carboxylic acids is 2. The Kier molecular flexibility index (Phi) is 6.14. The third-order valence-electron chi connectivity index (χ3n) is 3.39. The van der Waals surface area contributed by atoms with Crippen molar-refractivity contribution >= 4 is 11.8 Å². The molecule has 0 aliphatic carbocycles. The number of ether oxygens (including phenoxy) is 2. The average molecular weight is 307 g/mol. The molecule has 22 heavy (non-hydrogen) atoms. The van der Waals surface area contributed by atoms with Gasteiger partial charge in [-0.1, -0.05) is 6.07 Å². The van der Waals surface area contributed by atoms with Crippen molar-refractivity contribution in [2.24, 2.45) is 5.73 Å². The zero-order valence-electron chi connectivity index (χ0n) is 12.4. The number of primary amides is 1. The Labute approximate surface area is 129 Å². The quantitative estimate of drug-likeness (QED) is 0.758. The number of carbonyl (C=O) groups is 2. The van der Waals surface area contributed by atoms with Gasteiger partial charge in [0.05, 0.1) is 12.6 Å². The second-order valence-corrected chi connectivity index (χ2v) is 5.18. The summed E-state index contributed by atoms with van der Waals surface area (Å²) in [5.41, 5.74) is 5.06. The summed E-state index contributed by atoms with van der Waals surface area (Å²) in [6.07, 6.45) is 3.00. The van der Waals surface area contributed by atoms with E-state index >= 15 is 0 Å². The Hall–Kier alpha value is -2.15. The Morgan fingerprint density at radius 1 is 1.41 bits per heavy atom. The molecule has 1 aromatic rings. The maximum Gasteiger partial charge on any atom is 0.220 e. The van der Waals surface area contributed by atoms with E-state index < -0.39 is 5.91 Å². The van der Waals surface area contributed by atoms with E-state index in [2.05, 4.69) is 10.3 Å². The molecular formula is C15H21N3O4. The van der Waals surface area contributed by atoms with Crippen LogP contribution in [0.4, 0.5) is 0 Å². The minimum atomic E-state index is -0.393. The molecule has 7 nitrogen and oxygen atoms in total. The normalized spacial score (nSPS) is 21.1. The van der Waals surface area contributed by atoms with Crippen LogP contribution >= 0.6 is 0 Å². The van der Waals surface area contributed by atoms with Gasteiger partial charge in [0.25, 0.3) is 0 Å². The summed E-state index contributed by atoms with van der Waals surface area (Å²) >= 11 is 0. The van der Waals surface area contributed by atoms with Gasteiger partial charge < -0.3 is 20.5 Å². The van der Waals surface area contributed by atoms with E-state index in [0.717, 1.165) is 0 Å². The Morgan fingerprint density at radius 2 is 2.27 bits per heavy atom. The van der Waals surface area contributed by atoms with E-state index in [9.17, 15) is 9.59 Å². The van der Waals surface area contributed by atoms with Crippen molar-refractivity contribution in [2.75, 3.05) is 13.2 Å². The molecule has 1 saturated heterocycles. The number of nitrogens with zero attached hydrogens (tertiary/aromatic N) is 1. The largest absolute Gasteiger partial charge is 0.470 e. The van der Waals surface area contributed by atoms with Crippen LogP contribution in [0.5, 0.6) is 5.88 Å². The summed E-state index contributed by atoms with van der Waals surface area (Å²) in [6.45, 7) is 0.983. The third-order valence-corrected chi connectivity index (χ3v) is 3.39. The molecule has 120 valence electrons. The number of hydrogen-bond acceptors (Lipinski definition) is 5. The molecular weight excluding hydrogens is 286 g/mol. The van der Waals surface area contributed by atoms with E-state index in [-0.39, 0.29) is 30.9 Å². The van der Waals surface area contributed by atoms with Crippen LogP contribution in [0.3, 0.4) is 0 Å². The van der Waals surface area contributed by atoms with Crippen LogP contribution in [0.15, 0.2) is 24.4 Å². The second-order valence-electron chi connectivity index (χ2n) is 5.18. The molecule has 0 saturated carbocycles. The van der Waals surface area contributed by atoms with Crippen molar-refractivity contribution < 1.29 is 19.1 Å². The van der Waals surface area contributed by atoms with Gasteiger partial charge >= 0.3 is 0 Å². The molecule has 0 bridgehead atoms. The lowest BCUT2D eigenvalue weighted by Crippen LogP contribution is -2.51. The van der Waals surface area contributed by atoms with Crippen LogP contribution in [0.25, 0.3) is 0 Å². The SMILES string of the molecule is NC(=O)CCCC(=O)NC1CCOCC1Oc1ccccn1. The predicted molar refractivity (Wildman–Crippen MR) is 79.1 cm³/mol. The summed E-state index contributed by atoms with van der Waals surface area (Å²) in [5.74, 6) is 0.00368.